The Kier molecular flexibility index (Phi) is 7.57. The van der Waals surface area contributed by atoms with Crippen molar-refractivity contribution in [1.82, 2.24) is 5.32 Å². The molecule has 0 aromatic heterocycles. The fourth-order valence-corrected chi connectivity index (χ4v) is 2.31. The molecule has 1 N–H and O–H groups in total. The fraction of sp³-hybridized carbons (Fsp3) is 0.647. The number of rotatable bonds is 9. The summed E-state index contributed by atoms with van der Waals surface area (Å²) in [6, 6.07) is 6.92. The van der Waals surface area contributed by atoms with Gasteiger partial charge in [-0.05, 0) is 26.3 Å². The Morgan fingerprint density at radius 2 is 2.00 bits per heavy atom. The van der Waals surface area contributed by atoms with Gasteiger partial charge >= 0.3 is 0 Å². The van der Waals surface area contributed by atoms with Crippen molar-refractivity contribution < 1.29 is 4.74 Å². The Hall–Kier alpha value is -1.02. The van der Waals surface area contributed by atoms with E-state index in [-0.39, 0.29) is 0 Å². The molecule has 0 bridgehead atoms. The van der Waals surface area contributed by atoms with Crippen LogP contribution >= 0.6 is 0 Å². The van der Waals surface area contributed by atoms with Crippen LogP contribution in [-0.2, 0) is 6.54 Å². The Morgan fingerprint density at radius 3 is 2.68 bits per heavy atom. The largest absolute Gasteiger partial charge is 0.496 e. The number of aryl methyl sites for hydroxylation is 1. The van der Waals surface area contributed by atoms with Crippen molar-refractivity contribution in [3.05, 3.63) is 29.3 Å². The van der Waals surface area contributed by atoms with Crippen LogP contribution < -0.4 is 10.1 Å². The highest BCUT2D eigenvalue weighted by Gasteiger charge is 2.06. The predicted octanol–water partition coefficient (Wildman–Crippen LogP) is 4.45. The lowest BCUT2D eigenvalue weighted by atomic mass is 10.1. The van der Waals surface area contributed by atoms with Gasteiger partial charge in [0.15, 0.2) is 0 Å². The summed E-state index contributed by atoms with van der Waals surface area (Å²) < 4.78 is 5.41. The maximum absolute atomic E-state index is 5.41. The van der Waals surface area contributed by atoms with E-state index in [0.717, 1.165) is 12.3 Å². The maximum atomic E-state index is 5.41. The van der Waals surface area contributed by atoms with E-state index in [1.165, 1.54) is 43.2 Å². The zero-order valence-corrected chi connectivity index (χ0v) is 13.0. The molecule has 0 fully saturated rings. The third-order valence-electron chi connectivity index (χ3n) is 3.57. The van der Waals surface area contributed by atoms with E-state index in [2.05, 4.69) is 44.3 Å². The highest BCUT2D eigenvalue weighted by atomic mass is 16.5. The Labute approximate surface area is 118 Å². The first-order valence-electron chi connectivity index (χ1n) is 7.54. The third kappa shape index (κ3) is 6.11. The molecule has 2 heteroatoms. The summed E-state index contributed by atoms with van der Waals surface area (Å²) in [5, 5.41) is 3.60. The molecule has 19 heavy (non-hydrogen) atoms. The number of unbranched alkanes of at least 4 members (excludes halogenated alkanes) is 3. The minimum atomic E-state index is 0.571. The summed E-state index contributed by atoms with van der Waals surface area (Å²) in [6.45, 7) is 7.54. The van der Waals surface area contributed by atoms with Crippen LogP contribution in [0.15, 0.2) is 18.2 Å². The van der Waals surface area contributed by atoms with Gasteiger partial charge < -0.3 is 10.1 Å². The van der Waals surface area contributed by atoms with Gasteiger partial charge in [-0.15, -0.1) is 0 Å². The number of hydrogen-bond acceptors (Lipinski definition) is 2. The quantitative estimate of drug-likeness (QED) is 0.664. The summed E-state index contributed by atoms with van der Waals surface area (Å²) >= 11 is 0. The van der Waals surface area contributed by atoms with Crippen LogP contribution in [-0.4, -0.2) is 13.2 Å². The van der Waals surface area contributed by atoms with Crippen molar-refractivity contribution in [1.29, 1.82) is 0 Å². The molecular weight excluding hydrogens is 234 g/mol. The molecule has 108 valence electrons. The lowest BCUT2D eigenvalue weighted by Gasteiger charge is -2.15. The zero-order chi connectivity index (χ0) is 14.1. The van der Waals surface area contributed by atoms with E-state index in [4.69, 9.17) is 4.74 Å². The maximum Gasteiger partial charge on any atom is 0.123 e. The minimum absolute atomic E-state index is 0.571. The summed E-state index contributed by atoms with van der Waals surface area (Å²) in [7, 11) is 1.74. The van der Waals surface area contributed by atoms with Gasteiger partial charge in [0, 0.05) is 18.2 Å². The first-order valence-corrected chi connectivity index (χ1v) is 7.54. The van der Waals surface area contributed by atoms with Crippen molar-refractivity contribution in [3.63, 3.8) is 0 Å². The number of hydrogen-bond donors (Lipinski definition) is 1. The van der Waals surface area contributed by atoms with Gasteiger partial charge in [0.05, 0.1) is 7.11 Å². The van der Waals surface area contributed by atoms with Crippen LogP contribution in [0.5, 0.6) is 5.75 Å². The molecule has 0 aliphatic heterocycles. The molecule has 1 rings (SSSR count). The summed E-state index contributed by atoms with van der Waals surface area (Å²) in [5.41, 5.74) is 2.54. The summed E-state index contributed by atoms with van der Waals surface area (Å²) in [6.07, 6.45) is 6.61. The SMILES string of the molecule is CCCCCCC(C)NCc1cc(C)ccc1OC. The minimum Gasteiger partial charge on any atom is -0.496 e. The molecule has 0 aliphatic carbocycles. The van der Waals surface area contributed by atoms with E-state index in [1.54, 1.807) is 7.11 Å². The molecule has 0 amide bonds. The molecule has 1 aromatic carbocycles. The average Bonchev–Trinajstić information content (AvgIpc) is 2.41. The highest BCUT2D eigenvalue weighted by Crippen LogP contribution is 2.19. The number of nitrogens with one attached hydrogen (secondary N) is 1. The van der Waals surface area contributed by atoms with Crippen molar-refractivity contribution >= 4 is 0 Å². The van der Waals surface area contributed by atoms with E-state index >= 15 is 0 Å². The average molecular weight is 263 g/mol. The molecule has 1 unspecified atom stereocenters. The molecule has 0 radical (unpaired) electrons. The highest BCUT2D eigenvalue weighted by molar-refractivity contribution is 5.36. The Morgan fingerprint density at radius 1 is 1.21 bits per heavy atom. The first kappa shape index (κ1) is 16.0. The van der Waals surface area contributed by atoms with Crippen molar-refractivity contribution in [2.45, 2.75) is 65.5 Å². The molecule has 1 aromatic rings. The molecular formula is C17H29NO. The predicted molar refractivity (Wildman–Crippen MR) is 82.8 cm³/mol. The van der Waals surface area contributed by atoms with Crippen LogP contribution in [0.25, 0.3) is 0 Å². The van der Waals surface area contributed by atoms with Gasteiger partial charge in [0.2, 0.25) is 0 Å². The summed E-state index contributed by atoms with van der Waals surface area (Å²) in [5.74, 6) is 0.983. The second-order valence-corrected chi connectivity index (χ2v) is 5.45. The fourth-order valence-electron chi connectivity index (χ4n) is 2.31. The summed E-state index contributed by atoms with van der Waals surface area (Å²) in [4.78, 5) is 0. The molecule has 0 aliphatic rings. The van der Waals surface area contributed by atoms with Gasteiger partial charge in [-0.1, -0.05) is 50.3 Å². The Bertz CT molecular complexity index is 362. The molecule has 2 nitrogen and oxygen atoms in total. The second kappa shape index (κ2) is 8.98. The van der Waals surface area contributed by atoms with E-state index in [1.807, 2.05) is 0 Å². The van der Waals surface area contributed by atoms with Crippen LogP contribution in [0, 0.1) is 6.92 Å². The monoisotopic (exact) mass is 263 g/mol. The lowest BCUT2D eigenvalue weighted by molar-refractivity contribution is 0.403. The second-order valence-electron chi connectivity index (χ2n) is 5.45. The van der Waals surface area contributed by atoms with Gasteiger partial charge in [-0.3, -0.25) is 0 Å². The smallest absolute Gasteiger partial charge is 0.123 e. The van der Waals surface area contributed by atoms with Crippen molar-refractivity contribution in [2.75, 3.05) is 7.11 Å². The van der Waals surface area contributed by atoms with Crippen molar-refractivity contribution in [2.24, 2.45) is 0 Å². The van der Waals surface area contributed by atoms with Crippen LogP contribution in [0.2, 0.25) is 0 Å². The van der Waals surface area contributed by atoms with Gasteiger partial charge in [0.25, 0.3) is 0 Å². The first-order chi connectivity index (χ1) is 9.17. The van der Waals surface area contributed by atoms with Gasteiger partial charge in [-0.2, -0.15) is 0 Å². The standard InChI is InChI=1S/C17H29NO/c1-5-6-7-8-9-15(3)18-13-16-12-14(2)10-11-17(16)19-4/h10-12,15,18H,5-9,13H2,1-4H3. The number of ether oxygens (including phenoxy) is 1. The zero-order valence-electron chi connectivity index (χ0n) is 13.0. The molecule has 0 spiro atoms. The number of benzene rings is 1. The molecule has 0 heterocycles. The van der Waals surface area contributed by atoms with Crippen LogP contribution in [0.1, 0.15) is 57.1 Å². The normalized spacial score (nSPS) is 12.4. The number of methoxy groups -OCH3 is 1. The molecule has 0 saturated heterocycles. The third-order valence-corrected chi connectivity index (χ3v) is 3.57. The van der Waals surface area contributed by atoms with Crippen molar-refractivity contribution in [3.8, 4) is 5.75 Å². The molecule has 1 atom stereocenters. The van der Waals surface area contributed by atoms with Gasteiger partial charge in [0.1, 0.15) is 5.75 Å². The Balaban J connectivity index is 2.36. The topological polar surface area (TPSA) is 21.3 Å². The van der Waals surface area contributed by atoms with E-state index < -0.39 is 0 Å². The molecule has 0 saturated carbocycles. The van der Waals surface area contributed by atoms with Gasteiger partial charge in [-0.25, -0.2) is 0 Å². The van der Waals surface area contributed by atoms with Crippen LogP contribution in [0.3, 0.4) is 0 Å². The lowest BCUT2D eigenvalue weighted by Crippen LogP contribution is -2.25. The van der Waals surface area contributed by atoms with E-state index in [9.17, 15) is 0 Å². The van der Waals surface area contributed by atoms with E-state index in [0.29, 0.717) is 6.04 Å². The van der Waals surface area contributed by atoms with Crippen LogP contribution in [0.4, 0.5) is 0 Å².